The SMILES string of the molecule is COc1cccc(-c2cc(CNCCCN3CCC(C#N)(c4ccccc4)CC3)on2)c1OC. The van der Waals surface area contributed by atoms with E-state index in [9.17, 15) is 5.26 Å². The lowest BCUT2D eigenvalue weighted by molar-refractivity contribution is 0.184. The molecule has 0 aliphatic carbocycles. The number of nitriles is 1. The number of nitrogens with one attached hydrogen (secondary N) is 1. The van der Waals surface area contributed by atoms with Crippen molar-refractivity contribution in [2.24, 2.45) is 0 Å². The standard InChI is InChI=1S/C27H32N4O3/c1-32-25-11-6-10-23(26(25)33-2)24-18-22(34-30-24)19-29-14-7-15-31-16-12-27(20-28,13-17-31)21-8-4-3-5-9-21/h3-6,8-11,18,29H,7,12-17,19H2,1-2H3. The van der Waals surface area contributed by atoms with Gasteiger partial charge in [0.2, 0.25) is 0 Å². The summed E-state index contributed by atoms with van der Waals surface area (Å²) < 4.78 is 16.4. The van der Waals surface area contributed by atoms with Gasteiger partial charge in [-0.15, -0.1) is 0 Å². The highest BCUT2D eigenvalue weighted by Gasteiger charge is 2.36. The summed E-state index contributed by atoms with van der Waals surface area (Å²) in [5.74, 6) is 2.09. The summed E-state index contributed by atoms with van der Waals surface area (Å²) in [6, 6.07) is 20.5. The zero-order chi connectivity index (χ0) is 23.8. The summed E-state index contributed by atoms with van der Waals surface area (Å²) in [4.78, 5) is 2.46. The maximum Gasteiger partial charge on any atom is 0.170 e. The molecule has 1 aromatic heterocycles. The lowest BCUT2D eigenvalue weighted by Crippen LogP contribution is -2.42. The molecule has 2 heterocycles. The van der Waals surface area contributed by atoms with Gasteiger partial charge in [0.15, 0.2) is 17.3 Å². The minimum absolute atomic E-state index is 0.342. The first kappa shape index (κ1) is 23.8. The first-order valence-electron chi connectivity index (χ1n) is 11.8. The molecule has 0 amide bonds. The van der Waals surface area contributed by atoms with Gasteiger partial charge in [0.05, 0.1) is 32.2 Å². The molecule has 0 atom stereocenters. The quantitative estimate of drug-likeness (QED) is 0.449. The van der Waals surface area contributed by atoms with Crippen LogP contribution in [0.3, 0.4) is 0 Å². The van der Waals surface area contributed by atoms with Crippen LogP contribution in [-0.4, -0.2) is 50.5 Å². The lowest BCUT2D eigenvalue weighted by Gasteiger charge is -2.37. The zero-order valence-corrected chi connectivity index (χ0v) is 19.9. The van der Waals surface area contributed by atoms with Gasteiger partial charge in [-0.3, -0.25) is 0 Å². The van der Waals surface area contributed by atoms with E-state index in [1.165, 1.54) is 0 Å². The Hall–Kier alpha value is -3.34. The molecule has 7 nitrogen and oxygen atoms in total. The normalized spacial score (nSPS) is 15.6. The van der Waals surface area contributed by atoms with E-state index in [1.807, 2.05) is 42.5 Å². The first-order chi connectivity index (χ1) is 16.7. The highest BCUT2D eigenvalue weighted by molar-refractivity contribution is 5.71. The molecule has 34 heavy (non-hydrogen) atoms. The minimum Gasteiger partial charge on any atom is -0.493 e. The average Bonchev–Trinajstić information content (AvgIpc) is 3.37. The summed E-state index contributed by atoms with van der Waals surface area (Å²) in [5, 5.41) is 17.5. The number of piperidine rings is 1. The second-order valence-electron chi connectivity index (χ2n) is 8.65. The van der Waals surface area contributed by atoms with Crippen LogP contribution < -0.4 is 14.8 Å². The van der Waals surface area contributed by atoms with E-state index in [4.69, 9.17) is 14.0 Å². The molecular weight excluding hydrogens is 428 g/mol. The molecule has 2 aromatic carbocycles. The predicted molar refractivity (Wildman–Crippen MR) is 131 cm³/mol. The van der Waals surface area contributed by atoms with Crippen molar-refractivity contribution in [1.29, 1.82) is 5.26 Å². The Morgan fingerprint density at radius 2 is 1.88 bits per heavy atom. The molecule has 3 aromatic rings. The Bertz CT molecular complexity index is 1100. The molecule has 0 spiro atoms. The van der Waals surface area contributed by atoms with E-state index in [2.05, 4.69) is 33.6 Å². The third kappa shape index (κ3) is 5.24. The Balaban J connectivity index is 1.21. The van der Waals surface area contributed by atoms with Gasteiger partial charge in [-0.1, -0.05) is 41.6 Å². The molecule has 178 valence electrons. The van der Waals surface area contributed by atoms with E-state index >= 15 is 0 Å². The fourth-order valence-electron chi connectivity index (χ4n) is 4.63. The van der Waals surface area contributed by atoms with Gasteiger partial charge in [-0.05, 0) is 63.1 Å². The number of benzene rings is 2. The molecule has 4 rings (SSSR count). The number of hydrogen-bond donors (Lipinski definition) is 1. The third-order valence-electron chi connectivity index (χ3n) is 6.61. The van der Waals surface area contributed by atoms with Gasteiger partial charge in [0.1, 0.15) is 5.69 Å². The summed E-state index contributed by atoms with van der Waals surface area (Å²) in [6.45, 7) is 4.43. The predicted octanol–water partition coefficient (Wildman–Crippen LogP) is 4.40. The van der Waals surface area contributed by atoms with Crippen LogP contribution in [0.15, 0.2) is 59.1 Å². The van der Waals surface area contributed by atoms with Crippen molar-refractivity contribution in [2.75, 3.05) is 40.4 Å². The molecule has 1 N–H and O–H groups in total. The highest BCUT2D eigenvalue weighted by atomic mass is 16.5. The van der Waals surface area contributed by atoms with Crippen LogP contribution in [0, 0.1) is 11.3 Å². The topological polar surface area (TPSA) is 83.5 Å². The largest absolute Gasteiger partial charge is 0.493 e. The molecule has 1 aliphatic heterocycles. The Labute approximate surface area is 201 Å². The summed E-state index contributed by atoms with van der Waals surface area (Å²) >= 11 is 0. The van der Waals surface area contributed by atoms with Crippen LogP contribution in [0.4, 0.5) is 0 Å². The van der Waals surface area contributed by atoms with E-state index in [0.29, 0.717) is 18.0 Å². The number of hydrogen-bond acceptors (Lipinski definition) is 7. The second kappa shape index (κ2) is 11.2. The number of nitrogens with zero attached hydrogens (tertiary/aromatic N) is 3. The van der Waals surface area contributed by atoms with Crippen LogP contribution in [0.2, 0.25) is 0 Å². The Morgan fingerprint density at radius 1 is 1.09 bits per heavy atom. The zero-order valence-electron chi connectivity index (χ0n) is 19.9. The van der Waals surface area contributed by atoms with Crippen LogP contribution in [0.1, 0.15) is 30.6 Å². The molecule has 7 heteroatoms. The molecule has 0 bridgehead atoms. The van der Waals surface area contributed by atoms with Gasteiger partial charge in [-0.25, -0.2) is 0 Å². The van der Waals surface area contributed by atoms with Crippen molar-refractivity contribution in [3.8, 4) is 28.8 Å². The summed E-state index contributed by atoms with van der Waals surface area (Å²) in [5.41, 5.74) is 2.37. The van der Waals surface area contributed by atoms with Crippen LogP contribution in [0.5, 0.6) is 11.5 Å². The van der Waals surface area contributed by atoms with Crippen molar-refractivity contribution in [1.82, 2.24) is 15.4 Å². The Morgan fingerprint density at radius 3 is 2.59 bits per heavy atom. The molecule has 0 saturated carbocycles. The molecule has 0 unspecified atom stereocenters. The molecule has 1 fully saturated rings. The molecular formula is C27H32N4O3. The van der Waals surface area contributed by atoms with Crippen LogP contribution in [0.25, 0.3) is 11.3 Å². The number of para-hydroxylation sites is 1. The summed E-state index contributed by atoms with van der Waals surface area (Å²) in [7, 11) is 3.24. The number of likely N-dealkylation sites (tertiary alicyclic amines) is 1. The number of ether oxygens (including phenoxy) is 2. The van der Waals surface area contributed by atoms with E-state index in [0.717, 1.165) is 68.0 Å². The number of rotatable bonds is 10. The number of methoxy groups -OCH3 is 2. The van der Waals surface area contributed by atoms with Crippen molar-refractivity contribution >= 4 is 0 Å². The first-order valence-corrected chi connectivity index (χ1v) is 11.8. The van der Waals surface area contributed by atoms with Crippen LogP contribution >= 0.6 is 0 Å². The van der Waals surface area contributed by atoms with Gasteiger partial charge in [-0.2, -0.15) is 5.26 Å². The third-order valence-corrected chi connectivity index (χ3v) is 6.61. The second-order valence-corrected chi connectivity index (χ2v) is 8.65. The van der Waals surface area contributed by atoms with Crippen molar-refractivity contribution < 1.29 is 14.0 Å². The van der Waals surface area contributed by atoms with Crippen molar-refractivity contribution in [3.63, 3.8) is 0 Å². The number of aromatic nitrogens is 1. The van der Waals surface area contributed by atoms with Gasteiger partial charge >= 0.3 is 0 Å². The van der Waals surface area contributed by atoms with E-state index < -0.39 is 0 Å². The average molecular weight is 461 g/mol. The van der Waals surface area contributed by atoms with E-state index in [-0.39, 0.29) is 5.41 Å². The maximum atomic E-state index is 9.86. The van der Waals surface area contributed by atoms with Gasteiger partial charge in [0, 0.05) is 11.6 Å². The van der Waals surface area contributed by atoms with Crippen molar-refractivity contribution in [2.45, 2.75) is 31.2 Å². The smallest absolute Gasteiger partial charge is 0.170 e. The lowest BCUT2D eigenvalue weighted by atomic mass is 9.74. The fourth-order valence-corrected chi connectivity index (χ4v) is 4.63. The highest BCUT2D eigenvalue weighted by Crippen LogP contribution is 2.37. The summed E-state index contributed by atoms with van der Waals surface area (Å²) in [6.07, 6.45) is 2.81. The van der Waals surface area contributed by atoms with Gasteiger partial charge < -0.3 is 24.2 Å². The minimum atomic E-state index is -0.342. The molecule has 1 aliphatic rings. The van der Waals surface area contributed by atoms with Crippen molar-refractivity contribution in [3.05, 3.63) is 65.9 Å². The van der Waals surface area contributed by atoms with Crippen LogP contribution in [-0.2, 0) is 12.0 Å². The van der Waals surface area contributed by atoms with E-state index in [1.54, 1.807) is 14.2 Å². The molecule has 0 radical (unpaired) electrons. The fraction of sp³-hybridized carbons (Fsp3) is 0.407. The van der Waals surface area contributed by atoms with Gasteiger partial charge in [0.25, 0.3) is 0 Å². The monoisotopic (exact) mass is 460 g/mol. The molecule has 1 saturated heterocycles. The maximum absolute atomic E-state index is 9.86. The Kier molecular flexibility index (Phi) is 7.84.